The average Bonchev–Trinajstić information content (AvgIpc) is 3.33. The van der Waals surface area contributed by atoms with Crippen molar-refractivity contribution < 1.29 is 38.6 Å². The highest BCUT2D eigenvalue weighted by atomic mass is 32.2. The Morgan fingerprint density at radius 3 is 2.67 bits per heavy atom. The van der Waals surface area contributed by atoms with Gasteiger partial charge < -0.3 is 30.5 Å². The number of thioether (sulfide) groups is 1. The van der Waals surface area contributed by atoms with Gasteiger partial charge in [0.2, 0.25) is 6.29 Å². The Labute approximate surface area is 232 Å². The van der Waals surface area contributed by atoms with Crippen LogP contribution in [0.5, 0.6) is 0 Å². The van der Waals surface area contributed by atoms with Crippen molar-refractivity contribution in [3.63, 3.8) is 0 Å². The number of amides is 2. The standard InChI is InChI=1S/C24H29N5O8S2/c1-3-7-13-10-38-21-17(27-19(30)16(28-34)15-11-39-23(25)26-15)20(31)29(21)18(13)22(32)35-12(2)36-24(33)37-14-8-5-4-6-9-14/h3,7,11-12,14,17,21,34H,4-6,8-10H2,1-2H3,(H2,25,26)(H,27,30)/b7-3-,28-16+/t12?,17?,21-/m1/s1. The van der Waals surface area contributed by atoms with Crippen molar-refractivity contribution in [1.82, 2.24) is 15.2 Å². The molecule has 2 unspecified atom stereocenters. The third kappa shape index (κ3) is 6.36. The van der Waals surface area contributed by atoms with E-state index in [1.165, 1.54) is 29.0 Å². The summed E-state index contributed by atoms with van der Waals surface area (Å²) in [6.45, 7) is 3.15. The second-order valence-corrected chi connectivity index (χ2v) is 11.0. The maximum atomic E-state index is 13.2. The van der Waals surface area contributed by atoms with Crippen molar-refractivity contribution in [3.05, 3.63) is 34.5 Å². The number of carbonyl (C=O) groups is 4. The largest absolute Gasteiger partial charge is 0.511 e. The van der Waals surface area contributed by atoms with Gasteiger partial charge in [0.05, 0.1) is 0 Å². The highest BCUT2D eigenvalue weighted by Gasteiger charge is 2.54. The number of nitrogen functional groups attached to an aromatic ring is 1. The van der Waals surface area contributed by atoms with Crippen molar-refractivity contribution in [2.75, 3.05) is 11.5 Å². The number of nitrogens with one attached hydrogen (secondary N) is 1. The smallest absolute Gasteiger partial charge is 0.431 e. The molecule has 13 nitrogen and oxygen atoms in total. The van der Waals surface area contributed by atoms with Crippen molar-refractivity contribution in [3.8, 4) is 0 Å². The van der Waals surface area contributed by atoms with Crippen LogP contribution in [0.15, 0.2) is 34.0 Å². The molecule has 0 bridgehead atoms. The molecule has 3 atom stereocenters. The molecule has 1 aromatic heterocycles. The maximum absolute atomic E-state index is 13.2. The molecule has 210 valence electrons. The minimum absolute atomic E-state index is 0.00762. The van der Waals surface area contributed by atoms with Crippen LogP contribution in [0.25, 0.3) is 0 Å². The zero-order valence-corrected chi connectivity index (χ0v) is 23.0. The van der Waals surface area contributed by atoms with Crippen LogP contribution in [0, 0.1) is 0 Å². The number of β-lactam (4-membered cyclic amide) rings is 1. The predicted octanol–water partition coefficient (Wildman–Crippen LogP) is 2.51. The van der Waals surface area contributed by atoms with Gasteiger partial charge in [0.25, 0.3) is 11.8 Å². The Hall–Kier alpha value is -3.59. The quantitative estimate of drug-likeness (QED) is 0.103. The highest BCUT2D eigenvalue weighted by Crippen LogP contribution is 2.41. The molecule has 4 N–H and O–H groups in total. The van der Waals surface area contributed by atoms with Crippen LogP contribution in [-0.4, -0.2) is 74.3 Å². The first-order chi connectivity index (χ1) is 18.7. The van der Waals surface area contributed by atoms with E-state index in [0.29, 0.717) is 11.3 Å². The molecule has 2 aliphatic heterocycles. The lowest BCUT2D eigenvalue weighted by molar-refractivity contribution is -0.169. The number of nitrogens with zero attached hydrogens (tertiary/aromatic N) is 3. The molecule has 2 amide bonds. The van der Waals surface area contributed by atoms with Crippen molar-refractivity contribution in [2.45, 2.75) is 69.8 Å². The first kappa shape index (κ1) is 28.4. The summed E-state index contributed by atoms with van der Waals surface area (Å²) in [5.41, 5.74) is 5.78. The Morgan fingerprint density at radius 2 is 2.03 bits per heavy atom. The zero-order valence-electron chi connectivity index (χ0n) is 21.3. The molecule has 3 aliphatic rings. The third-order valence-electron chi connectivity index (χ3n) is 6.28. The third-order valence-corrected chi connectivity index (χ3v) is 8.25. The lowest BCUT2D eigenvalue weighted by Gasteiger charge is -2.49. The molecule has 3 heterocycles. The normalized spacial score (nSPS) is 22.7. The molecule has 1 aliphatic carbocycles. The van der Waals surface area contributed by atoms with Gasteiger partial charge in [-0.1, -0.05) is 23.7 Å². The number of esters is 1. The van der Waals surface area contributed by atoms with Gasteiger partial charge in [-0.3, -0.25) is 14.5 Å². The van der Waals surface area contributed by atoms with Crippen LogP contribution >= 0.6 is 23.1 Å². The average molecular weight is 580 g/mol. The highest BCUT2D eigenvalue weighted by molar-refractivity contribution is 8.00. The molecular weight excluding hydrogens is 550 g/mol. The molecule has 15 heteroatoms. The summed E-state index contributed by atoms with van der Waals surface area (Å²) >= 11 is 2.40. The molecular formula is C24H29N5O8S2. The summed E-state index contributed by atoms with van der Waals surface area (Å²) in [7, 11) is 0. The van der Waals surface area contributed by atoms with E-state index >= 15 is 0 Å². The number of hydrogen-bond acceptors (Lipinski definition) is 13. The maximum Gasteiger partial charge on any atom is 0.511 e. The summed E-state index contributed by atoms with van der Waals surface area (Å²) in [6.07, 6.45) is 5.58. The van der Waals surface area contributed by atoms with Gasteiger partial charge in [0, 0.05) is 18.1 Å². The van der Waals surface area contributed by atoms with Crippen molar-refractivity contribution in [2.24, 2.45) is 5.16 Å². The van der Waals surface area contributed by atoms with Gasteiger partial charge in [-0.05, 0) is 38.2 Å². The molecule has 1 saturated heterocycles. The Bertz CT molecular complexity index is 1220. The van der Waals surface area contributed by atoms with E-state index in [2.05, 4.69) is 15.5 Å². The number of hydrogen-bond donors (Lipinski definition) is 3. The van der Waals surface area contributed by atoms with Gasteiger partial charge in [-0.15, -0.1) is 23.1 Å². The molecule has 0 aromatic carbocycles. The van der Waals surface area contributed by atoms with Crippen LogP contribution in [0.2, 0.25) is 0 Å². The van der Waals surface area contributed by atoms with Crippen LogP contribution in [0.1, 0.15) is 51.6 Å². The SMILES string of the molecule is C/C=C\C1=C(C(=O)OC(C)OC(=O)OC2CCCCC2)N2C(=O)C(NC(=O)/C(=N/O)c3csc(N)n3)[C@H]2SC1. The minimum atomic E-state index is -1.26. The van der Waals surface area contributed by atoms with Crippen molar-refractivity contribution in [1.29, 1.82) is 0 Å². The molecule has 0 radical (unpaired) electrons. The number of carbonyl (C=O) groups excluding carboxylic acids is 4. The van der Waals surface area contributed by atoms with Gasteiger partial charge in [0.15, 0.2) is 10.8 Å². The first-order valence-electron chi connectivity index (χ1n) is 12.4. The lowest BCUT2D eigenvalue weighted by Crippen LogP contribution is -2.71. The van der Waals surface area contributed by atoms with E-state index in [9.17, 15) is 24.4 Å². The number of fused-ring (bicyclic) bond motifs is 1. The fourth-order valence-corrected chi connectivity index (χ4v) is 6.36. The van der Waals surface area contributed by atoms with Gasteiger partial charge >= 0.3 is 12.1 Å². The topological polar surface area (TPSA) is 183 Å². The van der Waals surface area contributed by atoms with E-state index in [-0.39, 0.29) is 22.6 Å². The molecule has 1 saturated carbocycles. The van der Waals surface area contributed by atoms with Crippen molar-refractivity contribution >= 4 is 57.9 Å². The molecule has 4 rings (SSSR count). The number of anilines is 1. The van der Waals surface area contributed by atoms with Gasteiger partial charge in [0.1, 0.15) is 28.9 Å². The van der Waals surface area contributed by atoms with E-state index < -0.39 is 47.4 Å². The van der Waals surface area contributed by atoms with Crippen LogP contribution in [-0.2, 0) is 28.6 Å². The fraction of sp³-hybridized carbons (Fsp3) is 0.500. The molecule has 39 heavy (non-hydrogen) atoms. The summed E-state index contributed by atoms with van der Waals surface area (Å²) in [4.78, 5) is 56.3. The summed E-state index contributed by atoms with van der Waals surface area (Å²) in [5.74, 6) is -1.90. The van der Waals surface area contributed by atoms with Gasteiger partial charge in [-0.2, -0.15) is 0 Å². The number of rotatable bonds is 8. The number of aromatic nitrogens is 1. The number of oxime groups is 1. The Kier molecular flexibility index (Phi) is 9.12. The van der Waals surface area contributed by atoms with Crippen LogP contribution < -0.4 is 11.1 Å². The summed E-state index contributed by atoms with van der Waals surface area (Å²) < 4.78 is 15.8. The number of nitrogens with two attached hydrogens (primary N) is 1. The predicted molar refractivity (Wildman–Crippen MR) is 142 cm³/mol. The zero-order chi connectivity index (χ0) is 28.1. The fourth-order valence-electron chi connectivity index (χ4n) is 4.49. The van der Waals surface area contributed by atoms with E-state index in [1.807, 2.05) is 0 Å². The lowest BCUT2D eigenvalue weighted by atomic mass is 9.98. The van der Waals surface area contributed by atoms with E-state index in [1.54, 1.807) is 19.1 Å². The Morgan fingerprint density at radius 1 is 1.28 bits per heavy atom. The molecule has 0 spiro atoms. The summed E-state index contributed by atoms with van der Waals surface area (Å²) in [6, 6.07) is -0.996. The monoisotopic (exact) mass is 579 g/mol. The number of thiazole rings is 1. The first-order valence-corrected chi connectivity index (χ1v) is 14.3. The Balaban J connectivity index is 1.41. The molecule has 2 fully saturated rings. The molecule has 1 aromatic rings. The second-order valence-electron chi connectivity index (χ2n) is 8.97. The van der Waals surface area contributed by atoms with E-state index in [0.717, 1.165) is 43.4 Å². The number of ether oxygens (including phenoxy) is 3. The van der Waals surface area contributed by atoms with Gasteiger partial charge in [-0.25, -0.2) is 14.6 Å². The van der Waals surface area contributed by atoms with Crippen LogP contribution in [0.4, 0.5) is 9.93 Å². The minimum Gasteiger partial charge on any atom is -0.431 e. The van der Waals surface area contributed by atoms with E-state index in [4.69, 9.17) is 19.9 Å². The second kappa shape index (κ2) is 12.5. The summed E-state index contributed by atoms with van der Waals surface area (Å²) in [5, 5.41) is 15.9. The van der Waals surface area contributed by atoms with Crippen LogP contribution in [0.3, 0.4) is 0 Å². The number of allylic oxidation sites excluding steroid dienone is 2.